The summed E-state index contributed by atoms with van der Waals surface area (Å²) in [5.74, 6) is 1.77. The lowest BCUT2D eigenvalue weighted by Crippen LogP contribution is -2.28. The molecule has 4 saturated heterocycles. The maximum Gasteiger partial charge on any atom is 0.253 e. The summed E-state index contributed by atoms with van der Waals surface area (Å²) in [6.45, 7) is 7.98. The molecule has 17 heteroatoms. The Labute approximate surface area is 832 Å². The van der Waals surface area contributed by atoms with Gasteiger partial charge in [0, 0.05) is 149 Å². The molecule has 0 bridgehead atoms. The highest BCUT2D eigenvalue weighted by Gasteiger charge is 2.34. The molecule has 143 heavy (non-hydrogen) atoms. The van der Waals surface area contributed by atoms with Crippen molar-refractivity contribution in [2.75, 3.05) is 59.0 Å². The van der Waals surface area contributed by atoms with Crippen molar-refractivity contribution in [3.05, 3.63) is 481 Å². The zero-order valence-corrected chi connectivity index (χ0v) is 79.5. The Morgan fingerprint density at radius 2 is 0.350 bits per heavy atom. The summed E-state index contributed by atoms with van der Waals surface area (Å²) in [6.07, 6.45) is 3.95. The quantitative estimate of drug-likeness (QED) is 0.0957. The lowest BCUT2D eigenvalue weighted by Gasteiger charge is -2.17. The molecule has 4 amide bonds. The van der Waals surface area contributed by atoms with E-state index in [2.05, 4.69) is 146 Å². The van der Waals surface area contributed by atoms with Crippen LogP contribution in [-0.4, -0.2) is 147 Å². The molecule has 8 heterocycles. The van der Waals surface area contributed by atoms with Crippen molar-refractivity contribution in [3.63, 3.8) is 0 Å². The first-order valence-corrected chi connectivity index (χ1v) is 49.1. The van der Waals surface area contributed by atoms with Crippen molar-refractivity contribution < 1.29 is 24.3 Å². The monoisotopic (exact) mass is 1870 g/mol. The first-order valence-electron chi connectivity index (χ1n) is 49.1. The van der Waals surface area contributed by atoms with Crippen LogP contribution >= 0.6 is 0 Å². The smallest absolute Gasteiger partial charge is 0.253 e. The number of aliphatic hydroxyl groups excluding tert-OH is 1. The fraction of sp³-hybridized carbons (Fsp3) is 0.143. The summed E-state index contributed by atoms with van der Waals surface area (Å²) in [7, 11) is 0. The number of nitrogens with zero attached hydrogens (tertiary/aromatic N) is 12. The van der Waals surface area contributed by atoms with E-state index in [1.54, 1.807) is 6.92 Å². The molecule has 0 saturated carbocycles. The van der Waals surface area contributed by atoms with E-state index in [-0.39, 0.29) is 30.2 Å². The largest absolute Gasteiger partial charge is 0.397 e. The van der Waals surface area contributed by atoms with Crippen molar-refractivity contribution >= 4 is 67.8 Å². The molecule has 0 spiro atoms. The highest BCUT2D eigenvalue weighted by Crippen LogP contribution is 2.40. The van der Waals surface area contributed by atoms with Gasteiger partial charge in [0.1, 0.15) is 0 Å². The SMILES string of the molecule is CCO.O=C(c1ccc2nc(-c3ccccc3)c(-c3ccccc3)nc2c1)N1CCC(c2ccccc2)C1.O=C(c1ccc2nc(-c3ccccc3)c(-c3ccccc3)nc2c1)N1CCC(c2ccccc2)C1.O=C(c1ccc2nc(-c3ccccc3)c(-c3ccccc3)nc2c1)N1CCC(c2ccccc2)C1.O=C(c1ccc2nc(-c3ccccc3)c(-c3ccccc3)nc2c1)N1CCC(c2ccccc2)C1. The van der Waals surface area contributed by atoms with E-state index in [1.807, 2.05) is 311 Å². The average molecular weight is 1870 g/mol. The number of aliphatic hydroxyl groups is 1. The fourth-order valence-electron chi connectivity index (χ4n) is 19.6. The van der Waals surface area contributed by atoms with E-state index in [0.29, 0.717) is 45.9 Å². The zero-order valence-electron chi connectivity index (χ0n) is 79.5. The fourth-order valence-corrected chi connectivity index (χ4v) is 19.6. The van der Waals surface area contributed by atoms with E-state index < -0.39 is 0 Å². The predicted molar refractivity (Wildman–Crippen MR) is 573 cm³/mol. The molecule has 0 aliphatic carbocycles. The summed E-state index contributed by atoms with van der Waals surface area (Å²) in [5, 5.41) is 7.57. The van der Waals surface area contributed by atoms with Gasteiger partial charge in [0.2, 0.25) is 0 Å². The number of benzene rings is 16. The summed E-state index contributed by atoms with van der Waals surface area (Å²) in [5.41, 5.74) is 28.6. The second kappa shape index (κ2) is 44.2. The topological polar surface area (TPSA) is 205 Å². The Bertz CT molecular complexity index is 6890. The van der Waals surface area contributed by atoms with Gasteiger partial charge in [-0.1, -0.05) is 364 Å². The van der Waals surface area contributed by atoms with Crippen LogP contribution in [0.1, 0.15) is 120 Å². The van der Waals surface area contributed by atoms with Crippen molar-refractivity contribution in [3.8, 4) is 90.1 Å². The Balaban J connectivity index is 0.000000115. The highest BCUT2D eigenvalue weighted by atomic mass is 16.2. The molecule has 20 aromatic rings. The normalized spacial score (nSPS) is 15.2. The number of carbonyl (C=O) groups excluding carboxylic acids is 4. The van der Waals surface area contributed by atoms with E-state index in [1.165, 1.54) is 22.3 Å². The Kier molecular flexibility index (Phi) is 28.9. The van der Waals surface area contributed by atoms with Gasteiger partial charge < -0.3 is 24.7 Å². The Morgan fingerprint density at radius 1 is 0.210 bits per heavy atom. The van der Waals surface area contributed by atoms with Crippen LogP contribution in [0.15, 0.2) is 437 Å². The molecule has 4 unspecified atom stereocenters. The first kappa shape index (κ1) is 93.4. The molecule has 0 radical (unpaired) electrons. The van der Waals surface area contributed by atoms with Crippen LogP contribution in [0, 0.1) is 0 Å². The number of amides is 4. The molecule has 17 nitrogen and oxygen atoms in total. The maximum atomic E-state index is 13.4. The van der Waals surface area contributed by atoms with Crippen LogP contribution < -0.4 is 0 Å². The Morgan fingerprint density at radius 3 is 0.503 bits per heavy atom. The Hall–Kier alpha value is -17.3. The van der Waals surface area contributed by atoms with Gasteiger partial charge in [-0.05, 0) is 128 Å². The summed E-state index contributed by atoms with van der Waals surface area (Å²) in [4.78, 5) is 101. The van der Waals surface area contributed by atoms with Gasteiger partial charge in [0.05, 0.1) is 89.7 Å². The van der Waals surface area contributed by atoms with Crippen LogP contribution in [0.3, 0.4) is 0 Å². The van der Waals surface area contributed by atoms with Gasteiger partial charge in [-0.15, -0.1) is 0 Å². The number of hydrogen-bond acceptors (Lipinski definition) is 13. The minimum Gasteiger partial charge on any atom is -0.397 e. The molecule has 4 aromatic heterocycles. The molecule has 4 aliphatic rings. The van der Waals surface area contributed by atoms with Crippen molar-refractivity contribution in [1.82, 2.24) is 59.5 Å². The third-order valence-corrected chi connectivity index (χ3v) is 27.0. The molecule has 24 rings (SSSR count). The predicted octanol–water partition coefficient (Wildman–Crippen LogP) is 26.4. The molecule has 4 atom stereocenters. The lowest BCUT2D eigenvalue weighted by molar-refractivity contribution is 0.0783. The second-order valence-electron chi connectivity index (χ2n) is 36.3. The van der Waals surface area contributed by atoms with Gasteiger partial charge >= 0.3 is 0 Å². The van der Waals surface area contributed by atoms with Crippen LogP contribution in [0.5, 0.6) is 0 Å². The van der Waals surface area contributed by atoms with Gasteiger partial charge in [0.25, 0.3) is 23.6 Å². The number of fused-ring (bicyclic) bond motifs is 4. The number of carbonyl (C=O) groups is 4. The van der Waals surface area contributed by atoms with Crippen LogP contribution in [0.2, 0.25) is 0 Å². The van der Waals surface area contributed by atoms with E-state index in [0.717, 1.165) is 212 Å². The number of likely N-dealkylation sites (tertiary alicyclic amines) is 4. The summed E-state index contributed by atoms with van der Waals surface area (Å²) < 4.78 is 0. The average Bonchev–Trinajstić information content (AvgIpc) is 1.08. The molecule has 700 valence electrons. The van der Waals surface area contributed by atoms with E-state index in [4.69, 9.17) is 45.0 Å². The highest BCUT2D eigenvalue weighted by molar-refractivity contribution is 6.02. The van der Waals surface area contributed by atoms with Crippen molar-refractivity contribution in [1.29, 1.82) is 0 Å². The summed E-state index contributed by atoms with van der Waals surface area (Å²) >= 11 is 0. The van der Waals surface area contributed by atoms with Crippen LogP contribution in [0.25, 0.3) is 134 Å². The van der Waals surface area contributed by atoms with Gasteiger partial charge in [-0.25, -0.2) is 39.9 Å². The number of rotatable bonds is 16. The second-order valence-corrected chi connectivity index (χ2v) is 36.3. The maximum absolute atomic E-state index is 13.4. The molecule has 1 N–H and O–H groups in total. The molecule has 4 aliphatic heterocycles. The molecule has 4 fully saturated rings. The number of aromatic nitrogens is 8. The van der Waals surface area contributed by atoms with Gasteiger partial charge in [-0.2, -0.15) is 0 Å². The zero-order chi connectivity index (χ0) is 97.2. The lowest BCUT2D eigenvalue weighted by atomic mass is 9.99. The summed E-state index contributed by atoms with van der Waals surface area (Å²) in [6, 6.07) is 146. The van der Waals surface area contributed by atoms with Crippen molar-refractivity contribution in [2.24, 2.45) is 0 Å². The number of hydrogen-bond donors (Lipinski definition) is 1. The standard InChI is InChI=1S/4C31H25N3O.C2H6O/c4*35-31(34-19-18-26(21-34)22-10-4-1-5-11-22)25-16-17-27-28(20-25)33-30(24-14-8-3-9-15-24)29(32-27)23-12-6-2-7-13-23;1-2-3/h4*1-17,20,26H,18-19,21H2;3H,2H2,1H3. The molecular weight excluding hydrogens is 1760 g/mol. The molecular formula is C126H106N12O5. The van der Waals surface area contributed by atoms with E-state index in [9.17, 15) is 19.2 Å². The van der Waals surface area contributed by atoms with Crippen molar-refractivity contribution in [2.45, 2.75) is 56.3 Å². The van der Waals surface area contributed by atoms with E-state index >= 15 is 0 Å². The van der Waals surface area contributed by atoms with Crippen LogP contribution in [-0.2, 0) is 0 Å². The minimum atomic E-state index is 0.0560. The van der Waals surface area contributed by atoms with Crippen LogP contribution in [0.4, 0.5) is 0 Å². The third kappa shape index (κ3) is 21.6. The van der Waals surface area contributed by atoms with Gasteiger partial charge in [0.15, 0.2) is 0 Å². The molecule has 16 aromatic carbocycles. The minimum absolute atomic E-state index is 0.0560. The first-order chi connectivity index (χ1) is 70.5. The van der Waals surface area contributed by atoms with Gasteiger partial charge in [-0.3, -0.25) is 19.2 Å². The third-order valence-electron chi connectivity index (χ3n) is 27.0.